The first-order valence-electron chi connectivity index (χ1n) is 8.27. The number of ketones is 1. The Morgan fingerprint density at radius 1 is 1.27 bits per heavy atom. The standard InChI is InChI=1S/C18H19N3O4S/c1-2-25-10-6-9-21-17-12(16(23)20-18(21)24)13(19)15(26-17)14(22)11-7-4-3-5-8-11/h3-5,7-8H,2,6,9-10,19H2,1H3,(H,20,23,24). The van der Waals surface area contributed by atoms with Crippen LogP contribution in [0.2, 0.25) is 0 Å². The molecule has 2 heterocycles. The third-order valence-electron chi connectivity index (χ3n) is 3.98. The summed E-state index contributed by atoms with van der Waals surface area (Å²) in [5.41, 5.74) is 5.60. The quantitative estimate of drug-likeness (QED) is 0.486. The predicted molar refractivity (Wildman–Crippen MR) is 102 cm³/mol. The predicted octanol–water partition coefficient (Wildman–Crippen LogP) is 1.99. The number of nitrogens with zero attached hydrogens (tertiary/aromatic N) is 1. The summed E-state index contributed by atoms with van der Waals surface area (Å²) in [6.07, 6.45) is 0.606. The molecule has 0 amide bonds. The van der Waals surface area contributed by atoms with Crippen LogP contribution in [-0.4, -0.2) is 28.5 Å². The summed E-state index contributed by atoms with van der Waals surface area (Å²) in [4.78, 5) is 40.2. The number of aromatic nitrogens is 2. The molecule has 0 aliphatic rings. The second kappa shape index (κ2) is 7.67. The van der Waals surface area contributed by atoms with Gasteiger partial charge in [-0.25, -0.2) is 4.79 Å². The largest absolute Gasteiger partial charge is 0.397 e. The number of hydrogen-bond acceptors (Lipinski definition) is 6. The van der Waals surface area contributed by atoms with Crippen LogP contribution in [0.1, 0.15) is 28.6 Å². The van der Waals surface area contributed by atoms with E-state index in [-0.39, 0.29) is 21.7 Å². The van der Waals surface area contributed by atoms with E-state index >= 15 is 0 Å². The second-order valence-corrected chi connectivity index (χ2v) is 6.68. The molecule has 0 bridgehead atoms. The molecule has 26 heavy (non-hydrogen) atoms. The fourth-order valence-electron chi connectivity index (χ4n) is 2.72. The Balaban J connectivity index is 2.09. The van der Waals surface area contributed by atoms with Gasteiger partial charge < -0.3 is 10.5 Å². The number of thiophene rings is 1. The van der Waals surface area contributed by atoms with Gasteiger partial charge in [0.05, 0.1) is 11.1 Å². The highest BCUT2D eigenvalue weighted by atomic mass is 32.1. The highest BCUT2D eigenvalue weighted by molar-refractivity contribution is 7.21. The fourth-order valence-corrected chi connectivity index (χ4v) is 3.93. The molecule has 0 saturated heterocycles. The number of rotatable bonds is 7. The number of aryl methyl sites for hydroxylation is 1. The molecule has 0 fully saturated rings. The Kier molecular flexibility index (Phi) is 5.34. The molecule has 8 heteroatoms. The van der Waals surface area contributed by atoms with Gasteiger partial charge in [-0.15, -0.1) is 11.3 Å². The molecule has 1 aromatic carbocycles. The number of H-pyrrole nitrogens is 1. The van der Waals surface area contributed by atoms with Gasteiger partial charge in [0.1, 0.15) is 9.71 Å². The normalized spacial score (nSPS) is 11.1. The third kappa shape index (κ3) is 3.33. The number of benzene rings is 1. The summed E-state index contributed by atoms with van der Waals surface area (Å²) in [5.74, 6) is -0.267. The number of anilines is 1. The summed E-state index contributed by atoms with van der Waals surface area (Å²) in [5, 5.41) is 0.185. The van der Waals surface area contributed by atoms with E-state index in [2.05, 4.69) is 4.98 Å². The smallest absolute Gasteiger partial charge is 0.329 e. The number of carbonyl (C=O) groups excluding carboxylic acids is 1. The zero-order valence-electron chi connectivity index (χ0n) is 14.3. The van der Waals surface area contributed by atoms with Crippen molar-refractivity contribution in [3.63, 3.8) is 0 Å². The average molecular weight is 373 g/mol. The van der Waals surface area contributed by atoms with Crippen LogP contribution in [0, 0.1) is 0 Å². The van der Waals surface area contributed by atoms with Crippen LogP contribution in [0.5, 0.6) is 0 Å². The van der Waals surface area contributed by atoms with Gasteiger partial charge in [-0.2, -0.15) is 0 Å². The maximum atomic E-state index is 12.8. The minimum atomic E-state index is -0.577. The summed E-state index contributed by atoms with van der Waals surface area (Å²) < 4.78 is 6.74. The molecule has 0 aliphatic carbocycles. The molecule has 136 valence electrons. The van der Waals surface area contributed by atoms with Crippen LogP contribution in [0.4, 0.5) is 5.69 Å². The van der Waals surface area contributed by atoms with Gasteiger partial charge in [0.15, 0.2) is 0 Å². The molecule has 3 rings (SSSR count). The lowest BCUT2D eigenvalue weighted by atomic mass is 10.1. The van der Waals surface area contributed by atoms with Crippen molar-refractivity contribution >= 4 is 33.0 Å². The molecule has 7 nitrogen and oxygen atoms in total. The van der Waals surface area contributed by atoms with Crippen molar-refractivity contribution in [2.75, 3.05) is 18.9 Å². The van der Waals surface area contributed by atoms with E-state index in [1.807, 2.05) is 13.0 Å². The zero-order chi connectivity index (χ0) is 18.7. The number of nitrogen functional groups attached to an aromatic ring is 1. The van der Waals surface area contributed by atoms with Crippen molar-refractivity contribution in [1.82, 2.24) is 9.55 Å². The van der Waals surface area contributed by atoms with Crippen molar-refractivity contribution in [2.24, 2.45) is 0 Å². The van der Waals surface area contributed by atoms with Gasteiger partial charge in [0, 0.05) is 25.3 Å². The van der Waals surface area contributed by atoms with E-state index in [9.17, 15) is 14.4 Å². The van der Waals surface area contributed by atoms with Gasteiger partial charge in [0.2, 0.25) is 5.78 Å². The van der Waals surface area contributed by atoms with Crippen LogP contribution in [0.15, 0.2) is 39.9 Å². The number of hydrogen-bond donors (Lipinski definition) is 2. The maximum absolute atomic E-state index is 12.8. The van der Waals surface area contributed by atoms with Crippen molar-refractivity contribution in [2.45, 2.75) is 19.9 Å². The lowest BCUT2D eigenvalue weighted by Crippen LogP contribution is -2.30. The van der Waals surface area contributed by atoms with Crippen LogP contribution >= 0.6 is 11.3 Å². The van der Waals surface area contributed by atoms with Gasteiger partial charge in [-0.05, 0) is 13.3 Å². The lowest BCUT2D eigenvalue weighted by Gasteiger charge is -2.06. The average Bonchev–Trinajstić information content (AvgIpc) is 2.98. The van der Waals surface area contributed by atoms with Crippen molar-refractivity contribution in [3.05, 3.63) is 61.6 Å². The van der Waals surface area contributed by atoms with Gasteiger partial charge in [0.25, 0.3) is 5.56 Å². The second-order valence-electron chi connectivity index (χ2n) is 5.68. The lowest BCUT2D eigenvalue weighted by molar-refractivity contribution is 0.104. The maximum Gasteiger partial charge on any atom is 0.329 e. The number of aromatic amines is 1. The van der Waals surface area contributed by atoms with Crippen molar-refractivity contribution in [3.8, 4) is 0 Å². The first-order valence-corrected chi connectivity index (χ1v) is 9.08. The van der Waals surface area contributed by atoms with Gasteiger partial charge in [-0.3, -0.25) is 19.1 Å². The Morgan fingerprint density at radius 2 is 2.00 bits per heavy atom. The van der Waals surface area contributed by atoms with Crippen LogP contribution in [0.25, 0.3) is 10.2 Å². The number of nitrogens with two attached hydrogens (primary N) is 1. The molecule has 0 aliphatic heterocycles. The minimum Gasteiger partial charge on any atom is -0.397 e. The molecule has 0 unspecified atom stereocenters. The summed E-state index contributed by atoms with van der Waals surface area (Å²) in [7, 11) is 0. The van der Waals surface area contributed by atoms with E-state index in [4.69, 9.17) is 10.5 Å². The molecule has 0 atom stereocenters. The Labute approximate surface area is 153 Å². The number of ether oxygens (including phenoxy) is 1. The first kappa shape index (κ1) is 18.1. The molecular weight excluding hydrogens is 354 g/mol. The van der Waals surface area contributed by atoms with Gasteiger partial charge in [-0.1, -0.05) is 30.3 Å². The number of nitrogens with one attached hydrogen (secondary N) is 1. The molecular formula is C18H19N3O4S. The molecule has 0 radical (unpaired) electrons. The summed E-state index contributed by atoms with van der Waals surface area (Å²) in [6, 6.07) is 8.70. The Hall–Kier alpha value is -2.71. The highest BCUT2D eigenvalue weighted by Gasteiger charge is 2.22. The third-order valence-corrected chi connectivity index (χ3v) is 5.21. The molecule has 3 N–H and O–H groups in total. The summed E-state index contributed by atoms with van der Waals surface area (Å²) in [6.45, 7) is 3.36. The molecule has 2 aromatic heterocycles. The number of fused-ring (bicyclic) bond motifs is 1. The molecule has 3 aromatic rings. The van der Waals surface area contributed by atoms with Crippen LogP contribution < -0.4 is 17.0 Å². The highest BCUT2D eigenvalue weighted by Crippen LogP contribution is 2.32. The number of carbonyl (C=O) groups is 1. The molecule has 0 spiro atoms. The van der Waals surface area contributed by atoms with Crippen LogP contribution in [-0.2, 0) is 11.3 Å². The minimum absolute atomic E-state index is 0.110. The first-order chi connectivity index (χ1) is 12.5. The molecule has 0 saturated carbocycles. The Morgan fingerprint density at radius 3 is 2.69 bits per heavy atom. The van der Waals surface area contributed by atoms with Crippen molar-refractivity contribution < 1.29 is 9.53 Å². The SMILES string of the molecule is CCOCCCn1c(=O)[nH]c(=O)c2c(N)c(C(=O)c3ccccc3)sc21. The zero-order valence-corrected chi connectivity index (χ0v) is 15.1. The Bertz CT molecular complexity index is 1050. The van der Waals surface area contributed by atoms with Gasteiger partial charge >= 0.3 is 5.69 Å². The van der Waals surface area contributed by atoms with E-state index in [1.54, 1.807) is 24.3 Å². The van der Waals surface area contributed by atoms with Crippen LogP contribution in [0.3, 0.4) is 0 Å². The van der Waals surface area contributed by atoms with E-state index in [0.717, 1.165) is 11.3 Å². The van der Waals surface area contributed by atoms with E-state index in [1.165, 1.54) is 4.57 Å². The van der Waals surface area contributed by atoms with E-state index in [0.29, 0.717) is 36.6 Å². The fraction of sp³-hybridized carbons (Fsp3) is 0.278. The summed E-state index contributed by atoms with van der Waals surface area (Å²) >= 11 is 1.07. The van der Waals surface area contributed by atoms with E-state index < -0.39 is 11.2 Å². The topological polar surface area (TPSA) is 107 Å². The van der Waals surface area contributed by atoms with Crippen molar-refractivity contribution in [1.29, 1.82) is 0 Å². The monoisotopic (exact) mass is 373 g/mol.